The van der Waals surface area contributed by atoms with Crippen LogP contribution in [0.5, 0.6) is 0 Å². The third-order valence-electron chi connectivity index (χ3n) is 4.46. The van der Waals surface area contributed by atoms with Crippen LogP contribution in [-0.2, 0) is 12.8 Å². The fourth-order valence-electron chi connectivity index (χ4n) is 2.97. The van der Waals surface area contributed by atoms with Gasteiger partial charge in [0.1, 0.15) is 0 Å². The Morgan fingerprint density at radius 3 is 2.73 bits per heavy atom. The molecule has 2 rings (SSSR count). The van der Waals surface area contributed by atoms with E-state index in [0.717, 1.165) is 29.7 Å². The highest BCUT2D eigenvalue weighted by Crippen LogP contribution is 2.30. The van der Waals surface area contributed by atoms with Gasteiger partial charge < -0.3 is 15.3 Å². The Labute approximate surface area is 137 Å². The molecule has 0 radical (unpaired) electrons. The lowest BCUT2D eigenvalue weighted by atomic mass is 9.97. The van der Waals surface area contributed by atoms with Crippen molar-refractivity contribution in [3.8, 4) is 0 Å². The summed E-state index contributed by atoms with van der Waals surface area (Å²) in [5, 5.41) is 13.5. The summed E-state index contributed by atoms with van der Waals surface area (Å²) in [6.45, 7) is 7.24. The molecule has 5 heteroatoms. The van der Waals surface area contributed by atoms with E-state index < -0.39 is 0 Å². The molecule has 1 aliphatic rings. The Hall–Kier alpha value is -1.26. The van der Waals surface area contributed by atoms with Crippen molar-refractivity contribution >= 4 is 23.3 Å². The van der Waals surface area contributed by atoms with Gasteiger partial charge in [0.15, 0.2) is 0 Å². The third kappa shape index (κ3) is 3.55. The number of urea groups is 1. The number of aliphatic hydroxyl groups is 1. The maximum absolute atomic E-state index is 12.6. The Morgan fingerprint density at radius 2 is 2.14 bits per heavy atom. The summed E-state index contributed by atoms with van der Waals surface area (Å²) in [5.41, 5.74) is 2.93. The van der Waals surface area contributed by atoms with Crippen molar-refractivity contribution in [2.24, 2.45) is 5.92 Å². The first-order valence-electron chi connectivity index (χ1n) is 8.02. The first-order chi connectivity index (χ1) is 10.5. The van der Waals surface area contributed by atoms with Crippen LogP contribution in [0.15, 0.2) is 12.1 Å². The number of rotatable bonds is 3. The molecule has 4 nitrogen and oxygen atoms in total. The fraction of sp³-hybridized carbons (Fsp3) is 0.588. The van der Waals surface area contributed by atoms with Crippen LogP contribution in [0.25, 0.3) is 0 Å². The number of nitrogens with zero attached hydrogens (tertiary/aromatic N) is 1. The summed E-state index contributed by atoms with van der Waals surface area (Å²) < 4.78 is 0. The molecule has 0 aromatic heterocycles. The Kier molecular flexibility index (Phi) is 5.70. The van der Waals surface area contributed by atoms with Gasteiger partial charge >= 0.3 is 6.03 Å². The number of hydrogen-bond donors (Lipinski definition) is 2. The third-order valence-corrected chi connectivity index (χ3v) is 4.81. The molecule has 2 amide bonds. The second-order valence-corrected chi connectivity index (χ2v) is 6.38. The lowest BCUT2D eigenvalue weighted by Gasteiger charge is -2.34. The van der Waals surface area contributed by atoms with Crippen LogP contribution in [-0.4, -0.2) is 35.2 Å². The second kappa shape index (κ2) is 7.34. The van der Waals surface area contributed by atoms with Gasteiger partial charge in [0.05, 0.1) is 11.8 Å². The number of carbonyl (C=O) groups is 1. The summed E-state index contributed by atoms with van der Waals surface area (Å²) in [6, 6.07) is 3.76. The zero-order valence-corrected chi connectivity index (χ0v) is 14.3. The van der Waals surface area contributed by atoms with Crippen molar-refractivity contribution in [1.82, 2.24) is 4.90 Å². The van der Waals surface area contributed by atoms with Crippen molar-refractivity contribution in [1.29, 1.82) is 0 Å². The predicted octanol–water partition coefficient (Wildman–Crippen LogP) is 3.70. The summed E-state index contributed by atoms with van der Waals surface area (Å²) in [7, 11) is 0. The van der Waals surface area contributed by atoms with E-state index in [1.54, 1.807) is 4.90 Å². The lowest BCUT2D eigenvalue weighted by molar-refractivity contribution is 0.0506. The maximum atomic E-state index is 12.6. The molecule has 22 heavy (non-hydrogen) atoms. The van der Waals surface area contributed by atoms with Gasteiger partial charge in [0.25, 0.3) is 0 Å². The number of likely N-dealkylation sites (tertiary alicyclic amines) is 1. The predicted molar refractivity (Wildman–Crippen MR) is 90.6 cm³/mol. The zero-order chi connectivity index (χ0) is 16.3. The summed E-state index contributed by atoms with van der Waals surface area (Å²) in [4.78, 5) is 14.3. The van der Waals surface area contributed by atoms with Crippen LogP contribution in [0.1, 0.15) is 38.3 Å². The maximum Gasteiger partial charge on any atom is 0.321 e. The molecule has 1 fully saturated rings. The van der Waals surface area contributed by atoms with Gasteiger partial charge in [0, 0.05) is 18.1 Å². The van der Waals surface area contributed by atoms with Crippen LogP contribution >= 0.6 is 11.6 Å². The number of anilines is 1. The number of halogens is 1. The van der Waals surface area contributed by atoms with Gasteiger partial charge in [-0.05, 0) is 42.4 Å². The highest BCUT2D eigenvalue weighted by Gasteiger charge is 2.27. The number of aryl methyl sites for hydroxylation is 1. The summed E-state index contributed by atoms with van der Waals surface area (Å²) in [5.74, 6) is 0.107. The summed E-state index contributed by atoms with van der Waals surface area (Å²) >= 11 is 6.27. The Bertz CT molecular complexity index is 548. The van der Waals surface area contributed by atoms with E-state index in [4.69, 9.17) is 11.6 Å². The van der Waals surface area contributed by atoms with Gasteiger partial charge in [-0.15, -0.1) is 0 Å². The van der Waals surface area contributed by atoms with Crippen LogP contribution in [0.2, 0.25) is 5.02 Å². The fourth-order valence-corrected chi connectivity index (χ4v) is 3.26. The van der Waals surface area contributed by atoms with E-state index in [1.165, 1.54) is 0 Å². The van der Waals surface area contributed by atoms with Crippen LogP contribution in [0, 0.1) is 5.92 Å². The molecule has 1 saturated heterocycles. The molecule has 1 aromatic rings. The molecular formula is C17H25ClN2O2. The molecule has 2 N–H and O–H groups in total. The van der Waals surface area contributed by atoms with Gasteiger partial charge in [0.2, 0.25) is 0 Å². The number of hydrogen-bond acceptors (Lipinski definition) is 2. The molecule has 0 spiro atoms. The molecule has 0 aliphatic carbocycles. The number of piperidine rings is 1. The monoisotopic (exact) mass is 324 g/mol. The average molecular weight is 325 g/mol. The van der Waals surface area contributed by atoms with E-state index in [2.05, 4.69) is 12.2 Å². The van der Waals surface area contributed by atoms with E-state index in [1.807, 2.05) is 26.0 Å². The highest BCUT2D eigenvalue weighted by atomic mass is 35.5. The molecule has 2 atom stereocenters. The minimum absolute atomic E-state index is 0.106. The van der Waals surface area contributed by atoms with E-state index in [-0.39, 0.29) is 18.1 Å². The lowest BCUT2D eigenvalue weighted by Crippen LogP contribution is -2.46. The van der Waals surface area contributed by atoms with E-state index in [9.17, 15) is 9.90 Å². The molecule has 0 bridgehead atoms. The smallest absolute Gasteiger partial charge is 0.321 e. The molecule has 1 heterocycles. The highest BCUT2D eigenvalue weighted by molar-refractivity contribution is 6.31. The molecule has 122 valence electrons. The SMILES string of the molecule is CCc1ccc(Cl)c(CC)c1NC(=O)N1CC[C@@H](O)[C@H](C)C1. The standard InChI is InChI=1S/C17H25ClN2O2/c1-4-12-6-7-14(18)13(5-2)16(12)19-17(22)20-9-8-15(21)11(3)10-20/h6-7,11,15,21H,4-5,8-10H2,1-3H3,(H,19,22)/t11-,15-/m1/s1. The number of amides is 2. The largest absolute Gasteiger partial charge is 0.393 e. The van der Waals surface area contributed by atoms with Crippen molar-refractivity contribution in [2.45, 2.75) is 46.1 Å². The molecule has 0 unspecified atom stereocenters. The Morgan fingerprint density at radius 1 is 1.41 bits per heavy atom. The molecular weight excluding hydrogens is 300 g/mol. The van der Waals surface area contributed by atoms with E-state index >= 15 is 0 Å². The molecule has 0 saturated carbocycles. The van der Waals surface area contributed by atoms with Gasteiger partial charge in [-0.3, -0.25) is 0 Å². The second-order valence-electron chi connectivity index (χ2n) is 5.98. The first-order valence-corrected chi connectivity index (χ1v) is 8.39. The number of nitrogens with one attached hydrogen (secondary N) is 1. The van der Waals surface area contributed by atoms with Crippen molar-refractivity contribution in [3.05, 3.63) is 28.3 Å². The first kappa shape index (κ1) is 17.1. The normalized spacial score (nSPS) is 21.8. The van der Waals surface area contributed by atoms with Crippen LogP contribution in [0.4, 0.5) is 10.5 Å². The van der Waals surface area contributed by atoms with Gasteiger partial charge in [-0.1, -0.05) is 38.4 Å². The number of carbonyl (C=O) groups excluding carboxylic acids is 1. The quantitative estimate of drug-likeness (QED) is 0.890. The number of aliphatic hydroxyl groups excluding tert-OH is 1. The number of benzene rings is 1. The molecule has 1 aliphatic heterocycles. The van der Waals surface area contributed by atoms with Crippen molar-refractivity contribution in [3.63, 3.8) is 0 Å². The molecule has 1 aromatic carbocycles. The minimum Gasteiger partial charge on any atom is -0.393 e. The van der Waals surface area contributed by atoms with Gasteiger partial charge in [-0.2, -0.15) is 0 Å². The zero-order valence-electron chi connectivity index (χ0n) is 13.5. The van der Waals surface area contributed by atoms with Crippen LogP contribution in [0.3, 0.4) is 0 Å². The van der Waals surface area contributed by atoms with Gasteiger partial charge in [-0.25, -0.2) is 4.79 Å². The Balaban J connectivity index is 2.19. The van der Waals surface area contributed by atoms with Crippen LogP contribution < -0.4 is 5.32 Å². The minimum atomic E-state index is -0.312. The summed E-state index contributed by atoms with van der Waals surface area (Å²) in [6.07, 6.45) is 1.94. The van der Waals surface area contributed by atoms with E-state index in [0.29, 0.717) is 24.5 Å². The topological polar surface area (TPSA) is 52.6 Å². The average Bonchev–Trinajstić information content (AvgIpc) is 2.50. The van der Waals surface area contributed by atoms with Crippen molar-refractivity contribution < 1.29 is 9.90 Å². The van der Waals surface area contributed by atoms with Crippen molar-refractivity contribution in [2.75, 3.05) is 18.4 Å².